The molecule has 2 aromatic rings. The first kappa shape index (κ1) is 23.1. The molecular formula is C24H29FN2O3. The van der Waals surface area contributed by atoms with Crippen LogP contribution in [0, 0.1) is 19.7 Å². The third-order valence-corrected chi connectivity index (χ3v) is 4.78. The van der Waals surface area contributed by atoms with Crippen molar-refractivity contribution in [1.29, 1.82) is 0 Å². The Hall–Kier alpha value is -3.15. The molecule has 0 spiro atoms. The van der Waals surface area contributed by atoms with Crippen molar-refractivity contribution in [3.63, 3.8) is 0 Å². The first-order valence-electron chi connectivity index (χ1n) is 9.89. The van der Waals surface area contributed by atoms with E-state index in [1.54, 1.807) is 19.1 Å². The summed E-state index contributed by atoms with van der Waals surface area (Å²) in [7, 11) is 0. The molecule has 0 saturated carbocycles. The molecule has 0 aliphatic heterocycles. The van der Waals surface area contributed by atoms with Gasteiger partial charge in [0.2, 0.25) is 5.91 Å². The van der Waals surface area contributed by atoms with E-state index in [-0.39, 0.29) is 11.9 Å². The Morgan fingerprint density at radius 1 is 1.03 bits per heavy atom. The summed E-state index contributed by atoms with van der Waals surface area (Å²) < 4.78 is 14.7. The number of carbonyl (C=O) groups excluding carboxylic acids is 1. The summed E-state index contributed by atoms with van der Waals surface area (Å²) in [6.07, 6.45) is 1.71. The molecule has 0 aromatic heterocycles. The van der Waals surface area contributed by atoms with E-state index in [0.717, 1.165) is 27.9 Å². The highest BCUT2D eigenvalue weighted by molar-refractivity contribution is 5.99. The summed E-state index contributed by atoms with van der Waals surface area (Å²) in [6, 6.07) is 8.17. The van der Waals surface area contributed by atoms with E-state index >= 15 is 0 Å². The van der Waals surface area contributed by atoms with Crippen molar-refractivity contribution in [2.75, 3.05) is 5.32 Å². The number of anilines is 1. The van der Waals surface area contributed by atoms with E-state index in [4.69, 9.17) is 5.11 Å². The number of halogens is 1. The minimum absolute atomic E-state index is 0.212. The molecule has 2 rings (SSSR count). The van der Waals surface area contributed by atoms with Gasteiger partial charge in [0.05, 0.1) is 0 Å². The molecule has 0 aliphatic carbocycles. The first-order valence-corrected chi connectivity index (χ1v) is 9.89. The number of benzene rings is 2. The molecule has 0 saturated heterocycles. The lowest BCUT2D eigenvalue weighted by Crippen LogP contribution is -2.38. The van der Waals surface area contributed by atoms with E-state index in [9.17, 15) is 14.0 Å². The maximum atomic E-state index is 14.7. The van der Waals surface area contributed by atoms with Gasteiger partial charge in [-0.2, -0.15) is 0 Å². The summed E-state index contributed by atoms with van der Waals surface area (Å²) in [5.41, 5.74) is 5.03. The zero-order chi connectivity index (χ0) is 22.6. The normalized spacial score (nSPS) is 12.6. The number of carboxylic acids is 1. The smallest absolute Gasteiger partial charge is 0.325 e. The van der Waals surface area contributed by atoms with Gasteiger partial charge in [-0.1, -0.05) is 12.1 Å². The molecule has 0 radical (unpaired) electrons. The van der Waals surface area contributed by atoms with Crippen molar-refractivity contribution >= 4 is 23.6 Å². The molecule has 160 valence electrons. The van der Waals surface area contributed by atoms with E-state index < -0.39 is 17.9 Å². The summed E-state index contributed by atoms with van der Waals surface area (Å²) in [4.78, 5) is 23.1. The highest BCUT2D eigenvalue weighted by atomic mass is 19.1. The maximum Gasteiger partial charge on any atom is 0.325 e. The lowest BCUT2D eigenvalue weighted by Gasteiger charge is -2.15. The Bertz CT molecular complexity index is 996. The van der Waals surface area contributed by atoms with E-state index in [2.05, 4.69) is 10.6 Å². The zero-order valence-electron chi connectivity index (χ0n) is 18.3. The number of amides is 1. The van der Waals surface area contributed by atoms with Crippen LogP contribution in [0.15, 0.2) is 35.9 Å². The van der Waals surface area contributed by atoms with Gasteiger partial charge in [-0.25, -0.2) is 4.39 Å². The van der Waals surface area contributed by atoms with E-state index in [1.165, 1.54) is 13.0 Å². The van der Waals surface area contributed by atoms with Gasteiger partial charge in [0, 0.05) is 22.9 Å². The summed E-state index contributed by atoms with van der Waals surface area (Å²) in [6.45, 7) is 10.8. The van der Waals surface area contributed by atoms with E-state index in [1.807, 2.05) is 45.9 Å². The van der Waals surface area contributed by atoms with Crippen LogP contribution in [-0.4, -0.2) is 29.1 Å². The molecule has 0 unspecified atom stereocenters. The summed E-state index contributed by atoms with van der Waals surface area (Å²) in [5.74, 6) is -1.83. The molecule has 0 fully saturated rings. The fraction of sp³-hybridized carbons (Fsp3) is 0.333. The standard InChI is InChI=1S/C24H29FN2O3/c1-13(2)26-19-7-8-20(22(25)12-19)21-11-14(3)18(9-15(21)4)10-16(5)23(28)27-17(6)24(29)30/h7-13,17,26H,1-6H3,(H,27,28)(H,29,30)/b16-10+/t17-/m1/s1. The van der Waals surface area contributed by atoms with Crippen LogP contribution in [0.25, 0.3) is 17.2 Å². The summed E-state index contributed by atoms with van der Waals surface area (Å²) in [5, 5.41) is 14.6. The molecule has 0 aliphatic rings. The quantitative estimate of drug-likeness (QED) is 0.564. The number of carbonyl (C=O) groups is 2. The molecule has 1 atom stereocenters. The Labute approximate surface area is 177 Å². The van der Waals surface area contributed by atoms with Crippen LogP contribution in [-0.2, 0) is 9.59 Å². The average molecular weight is 413 g/mol. The third kappa shape index (κ3) is 5.69. The molecule has 1 amide bonds. The molecule has 30 heavy (non-hydrogen) atoms. The Balaban J connectivity index is 2.34. The molecule has 5 nitrogen and oxygen atoms in total. The molecule has 0 bridgehead atoms. The van der Waals surface area contributed by atoms with Gasteiger partial charge in [0.1, 0.15) is 11.9 Å². The maximum absolute atomic E-state index is 14.7. The third-order valence-electron chi connectivity index (χ3n) is 4.78. The number of nitrogens with one attached hydrogen (secondary N) is 2. The van der Waals surface area contributed by atoms with Crippen LogP contribution in [0.1, 0.15) is 44.4 Å². The van der Waals surface area contributed by atoms with Crippen LogP contribution in [0.5, 0.6) is 0 Å². The second-order valence-corrected chi connectivity index (χ2v) is 7.88. The largest absolute Gasteiger partial charge is 0.480 e. The number of rotatable bonds is 7. The molecule has 3 N–H and O–H groups in total. The van der Waals surface area contributed by atoms with Crippen molar-refractivity contribution in [2.45, 2.75) is 53.6 Å². The van der Waals surface area contributed by atoms with Crippen LogP contribution in [0.2, 0.25) is 0 Å². The Morgan fingerprint density at radius 3 is 2.27 bits per heavy atom. The number of hydrogen-bond donors (Lipinski definition) is 3. The van der Waals surface area contributed by atoms with Crippen LogP contribution in [0.3, 0.4) is 0 Å². The van der Waals surface area contributed by atoms with Crippen molar-refractivity contribution in [3.05, 3.63) is 58.4 Å². The van der Waals surface area contributed by atoms with E-state index in [0.29, 0.717) is 11.1 Å². The van der Waals surface area contributed by atoms with Gasteiger partial charge >= 0.3 is 5.97 Å². The van der Waals surface area contributed by atoms with Crippen LogP contribution in [0.4, 0.5) is 10.1 Å². The second-order valence-electron chi connectivity index (χ2n) is 7.88. The molecular weight excluding hydrogens is 383 g/mol. The average Bonchev–Trinajstić information content (AvgIpc) is 2.64. The zero-order valence-corrected chi connectivity index (χ0v) is 18.3. The van der Waals surface area contributed by atoms with Crippen molar-refractivity contribution < 1.29 is 19.1 Å². The predicted octanol–water partition coefficient (Wildman–Crippen LogP) is 4.92. The number of aryl methyl sites for hydroxylation is 2. The van der Waals surface area contributed by atoms with Gasteiger partial charge in [-0.3, -0.25) is 9.59 Å². The minimum atomic E-state index is -1.09. The molecule has 0 heterocycles. The monoisotopic (exact) mass is 412 g/mol. The minimum Gasteiger partial charge on any atom is -0.480 e. The van der Waals surface area contributed by atoms with Gasteiger partial charge in [0.25, 0.3) is 0 Å². The van der Waals surface area contributed by atoms with Gasteiger partial charge in [0.15, 0.2) is 0 Å². The summed E-state index contributed by atoms with van der Waals surface area (Å²) >= 11 is 0. The molecule has 2 aromatic carbocycles. The van der Waals surface area contributed by atoms with Gasteiger partial charge in [-0.05, 0) is 88.1 Å². The highest BCUT2D eigenvalue weighted by Gasteiger charge is 2.16. The van der Waals surface area contributed by atoms with Crippen molar-refractivity contribution in [3.8, 4) is 11.1 Å². The Morgan fingerprint density at radius 2 is 1.70 bits per heavy atom. The predicted molar refractivity (Wildman–Crippen MR) is 119 cm³/mol. The lowest BCUT2D eigenvalue weighted by molar-refractivity contribution is -0.140. The van der Waals surface area contributed by atoms with Crippen LogP contribution < -0.4 is 10.6 Å². The fourth-order valence-electron chi connectivity index (χ4n) is 3.11. The number of carboxylic acid groups (broad SMARTS) is 1. The van der Waals surface area contributed by atoms with Crippen molar-refractivity contribution in [1.82, 2.24) is 5.32 Å². The topological polar surface area (TPSA) is 78.4 Å². The van der Waals surface area contributed by atoms with Gasteiger partial charge in [-0.15, -0.1) is 0 Å². The SMILES string of the molecule is C/C(=C\c1cc(C)c(-c2ccc(NC(C)C)cc2F)cc1C)C(=O)N[C@H](C)C(=O)O. The van der Waals surface area contributed by atoms with Crippen molar-refractivity contribution in [2.24, 2.45) is 0 Å². The Kier molecular flexibility index (Phi) is 7.38. The van der Waals surface area contributed by atoms with Gasteiger partial charge < -0.3 is 15.7 Å². The second kappa shape index (κ2) is 9.57. The number of aliphatic carboxylic acids is 1. The first-order chi connectivity index (χ1) is 14.0. The van der Waals surface area contributed by atoms with Crippen LogP contribution >= 0.6 is 0 Å². The fourth-order valence-corrected chi connectivity index (χ4v) is 3.11. The number of hydrogen-bond acceptors (Lipinski definition) is 3. The molecule has 6 heteroatoms. The lowest BCUT2D eigenvalue weighted by atomic mass is 9.93. The highest BCUT2D eigenvalue weighted by Crippen LogP contribution is 2.31.